The van der Waals surface area contributed by atoms with Crippen molar-refractivity contribution in [3.63, 3.8) is 0 Å². The fourth-order valence-corrected chi connectivity index (χ4v) is 1.25. The summed E-state index contributed by atoms with van der Waals surface area (Å²) in [4.78, 5) is 0. The van der Waals surface area contributed by atoms with Gasteiger partial charge >= 0.3 is 0 Å². The van der Waals surface area contributed by atoms with E-state index in [0.717, 1.165) is 23.1 Å². The van der Waals surface area contributed by atoms with Crippen LogP contribution in [0, 0.1) is 0 Å². The summed E-state index contributed by atoms with van der Waals surface area (Å²) in [6.45, 7) is 3.02. The zero-order valence-corrected chi connectivity index (χ0v) is 6.96. The molecule has 0 bridgehead atoms. The average molecular weight is 161 g/mol. The highest BCUT2D eigenvalue weighted by atomic mass is 15.1. The maximum absolute atomic E-state index is 3.95. The molecule has 62 valence electrons. The lowest BCUT2D eigenvalue weighted by Gasteiger charge is -2.01. The summed E-state index contributed by atoms with van der Waals surface area (Å²) >= 11 is 0. The van der Waals surface area contributed by atoms with Crippen molar-refractivity contribution >= 4 is 16.6 Å². The van der Waals surface area contributed by atoms with Crippen molar-refractivity contribution < 1.29 is 0 Å². The summed E-state index contributed by atoms with van der Waals surface area (Å²) in [5.74, 6) is 0. The van der Waals surface area contributed by atoms with Crippen molar-refractivity contribution in [2.45, 2.75) is 6.92 Å². The third-order valence-electron chi connectivity index (χ3n) is 1.82. The van der Waals surface area contributed by atoms with Gasteiger partial charge in [-0.05, 0) is 25.1 Å². The third kappa shape index (κ3) is 1.13. The molecule has 3 nitrogen and oxygen atoms in total. The van der Waals surface area contributed by atoms with Crippen molar-refractivity contribution in [3.8, 4) is 0 Å². The van der Waals surface area contributed by atoms with Crippen LogP contribution in [0.15, 0.2) is 24.4 Å². The number of H-pyrrole nitrogens is 1. The SMILES string of the molecule is CCNc1ccc2cn[nH]c2c1. The molecular weight excluding hydrogens is 150 g/mol. The number of aromatic nitrogens is 2. The third-order valence-corrected chi connectivity index (χ3v) is 1.82. The average Bonchev–Trinajstić information content (AvgIpc) is 2.51. The molecule has 12 heavy (non-hydrogen) atoms. The molecule has 3 heteroatoms. The van der Waals surface area contributed by atoms with Crippen molar-refractivity contribution in [1.82, 2.24) is 10.2 Å². The second-order valence-electron chi connectivity index (χ2n) is 2.70. The van der Waals surface area contributed by atoms with E-state index in [0.29, 0.717) is 0 Å². The molecule has 0 radical (unpaired) electrons. The fourth-order valence-electron chi connectivity index (χ4n) is 1.25. The molecule has 2 N–H and O–H groups in total. The van der Waals surface area contributed by atoms with E-state index in [-0.39, 0.29) is 0 Å². The van der Waals surface area contributed by atoms with Crippen LogP contribution in [-0.4, -0.2) is 16.7 Å². The maximum Gasteiger partial charge on any atom is 0.0670 e. The van der Waals surface area contributed by atoms with Crippen molar-refractivity contribution in [1.29, 1.82) is 0 Å². The van der Waals surface area contributed by atoms with E-state index in [1.165, 1.54) is 0 Å². The van der Waals surface area contributed by atoms with Gasteiger partial charge in [0.15, 0.2) is 0 Å². The topological polar surface area (TPSA) is 40.7 Å². The van der Waals surface area contributed by atoms with E-state index in [2.05, 4.69) is 40.6 Å². The van der Waals surface area contributed by atoms with Crippen LogP contribution in [0.4, 0.5) is 5.69 Å². The normalized spacial score (nSPS) is 10.4. The van der Waals surface area contributed by atoms with Gasteiger partial charge in [0.25, 0.3) is 0 Å². The molecule has 0 saturated carbocycles. The van der Waals surface area contributed by atoms with Gasteiger partial charge in [-0.25, -0.2) is 0 Å². The predicted molar refractivity (Wildman–Crippen MR) is 50.3 cm³/mol. The number of fused-ring (bicyclic) bond motifs is 1. The summed E-state index contributed by atoms with van der Waals surface area (Å²) < 4.78 is 0. The van der Waals surface area contributed by atoms with Crippen LogP contribution >= 0.6 is 0 Å². The summed E-state index contributed by atoms with van der Waals surface area (Å²) in [6.07, 6.45) is 1.82. The Bertz CT molecular complexity index is 378. The molecular formula is C9H11N3. The van der Waals surface area contributed by atoms with Crippen LogP contribution < -0.4 is 5.32 Å². The molecule has 2 rings (SSSR count). The monoisotopic (exact) mass is 161 g/mol. The molecule has 0 aliphatic carbocycles. The van der Waals surface area contributed by atoms with Gasteiger partial charge < -0.3 is 5.32 Å². The predicted octanol–water partition coefficient (Wildman–Crippen LogP) is 1.99. The van der Waals surface area contributed by atoms with Crippen LogP contribution in [0.25, 0.3) is 10.9 Å². The van der Waals surface area contributed by atoms with Gasteiger partial charge in [-0.1, -0.05) is 0 Å². The molecule has 0 amide bonds. The molecule has 0 atom stereocenters. The summed E-state index contributed by atoms with van der Waals surface area (Å²) in [6, 6.07) is 6.17. The number of rotatable bonds is 2. The number of nitrogens with zero attached hydrogens (tertiary/aromatic N) is 1. The van der Waals surface area contributed by atoms with Gasteiger partial charge in [-0.3, -0.25) is 5.10 Å². The lowest BCUT2D eigenvalue weighted by molar-refractivity contribution is 1.12. The minimum Gasteiger partial charge on any atom is -0.385 e. The van der Waals surface area contributed by atoms with Crippen LogP contribution in [0.1, 0.15) is 6.92 Å². The number of hydrogen-bond donors (Lipinski definition) is 2. The number of anilines is 1. The molecule has 0 fully saturated rings. The first-order valence-corrected chi connectivity index (χ1v) is 4.07. The van der Waals surface area contributed by atoms with E-state index in [1.807, 2.05) is 6.20 Å². The van der Waals surface area contributed by atoms with E-state index in [9.17, 15) is 0 Å². The quantitative estimate of drug-likeness (QED) is 0.707. The minimum atomic E-state index is 0.944. The molecule has 2 aromatic rings. The second kappa shape index (κ2) is 2.85. The molecule has 0 aliphatic heterocycles. The lowest BCUT2D eigenvalue weighted by atomic mass is 10.2. The van der Waals surface area contributed by atoms with Crippen molar-refractivity contribution in [2.75, 3.05) is 11.9 Å². The smallest absolute Gasteiger partial charge is 0.0670 e. The zero-order valence-electron chi connectivity index (χ0n) is 6.96. The second-order valence-corrected chi connectivity index (χ2v) is 2.70. The Balaban J connectivity index is 2.46. The van der Waals surface area contributed by atoms with Gasteiger partial charge in [-0.2, -0.15) is 5.10 Å². The van der Waals surface area contributed by atoms with Gasteiger partial charge in [0.05, 0.1) is 11.7 Å². The van der Waals surface area contributed by atoms with E-state index in [4.69, 9.17) is 0 Å². The summed E-state index contributed by atoms with van der Waals surface area (Å²) in [5, 5.41) is 11.3. The first-order chi connectivity index (χ1) is 5.90. The minimum absolute atomic E-state index is 0.944. The Labute approximate surface area is 70.8 Å². The highest BCUT2D eigenvalue weighted by Gasteiger charge is 1.95. The zero-order chi connectivity index (χ0) is 8.39. The lowest BCUT2D eigenvalue weighted by Crippen LogP contribution is -1.95. The first kappa shape index (κ1) is 7.16. The number of benzene rings is 1. The van der Waals surface area contributed by atoms with E-state index in [1.54, 1.807) is 0 Å². The molecule has 0 saturated heterocycles. The number of hydrogen-bond acceptors (Lipinski definition) is 2. The molecule has 0 unspecified atom stereocenters. The van der Waals surface area contributed by atoms with Gasteiger partial charge in [-0.15, -0.1) is 0 Å². The Morgan fingerprint density at radius 1 is 1.50 bits per heavy atom. The Kier molecular flexibility index (Phi) is 1.70. The van der Waals surface area contributed by atoms with E-state index >= 15 is 0 Å². The number of aromatic amines is 1. The molecule has 1 aromatic heterocycles. The largest absolute Gasteiger partial charge is 0.385 e. The van der Waals surface area contributed by atoms with E-state index < -0.39 is 0 Å². The highest BCUT2D eigenvalue weighted by molar-refractivity contribution is 5.81. The highest BCUT2D eigenvalue weighted by Crippen LogP contribution is 2.15. The van der Waals surface area contributed by atoms with Crippen LogP contribution in [0.3, 0.4) is 0 Å². The fraction of sp³-hybridized carbons (Fsp3) is 0.222. The standard InChI is InChI=1S/C9H11N3/c1-2-10-8-4-3-7-6-11-12-9(7)5-8/h3-6,10H,2H2,1H3,(H,11,12). The molecule has 1 aromatic carbocycles. The van der Waals surface area contributed by atoms with Crippen molar-refractivity contribution in [3.05, 3.63) is 24.4 Å². The Morgan fingerprint density at radius 2 is 2.42 bits per heavy atom. The van der Waals surface area contributed by atoms with Crippen LogP contribution in [0.5, 0.6) is 0 Å². The summed E-state index contributed by atoms with van der Waals surface area (Å²) in [7, 11) is 0. The number of nitrogens with one attached hydrogen (secondary N) is 2. The van der Waals surface area contributed by atoms with Gasteiger partial charge in [0, 0.05) is 17.6 Å². The Hall–Kier alpha value is -1.51. The van der Waals surface area contributed by atoms with Gasteiger partial charge in [0.2, 0.25) is 0 Å². The first-order valence-electron chi connectivity index (χ1n) is 4.07. The Morgan fingerprint density at radius 3 is 3.25 bits per heavy atom. The van der Waals surface area contributed by atoms with Gasteiger partial charge in [0.1, 0.15) is 0 Å². The molecule has 0 aliphatic rings. The van der Waals surface area contributed by atoms with Crippen LogP contribution in [0.2, 0.25) is 0 Å². The molecule has 0 spiro atoms. The summed E-state index contributed by atoms with van der Waals surface area (Å²) in [5.41, 5.74) is 2.21. The van der Waals surface area contributed by atoms with Crippen molar-refractivity contribution in [2.24, 2.45) is 0 Å². The maximum atomic E-state index is 3.95. The van der Waals surface area contributed by atoms with Crippen LogP contribution in [-0.2, 0) is 0 Å². The molecule has 1 heterocycles.